The highest BCUT2D eigenvalue weighted by molar-refractivity contribution is 7.81. The molecule has 0 bridgehead atoms. The number of thiol groups is 1. The molecule has 0 fully saturated rings. The van der Waals surface area contributed by atoms with Gasteiger partial charge in [-0.3, -0.25) is 9.59 Å². The second-order valence-corrected chi connectivity index (χ2v) is 1.96. The van der Waals surface area contributed by atoms with Crippen molar-refractivity contribution in [3.05, 3.63) is 0 Å². The van der Waals surface area contributed by atoms with Gasteiger partial charge in [0, 0.05) is 0 Å². The Balaban J connectivity index is 3.95. The average molecular weight is 164 g/mol. The zero-order chi connectivity index (χ0) is 8.15. The smallest absolute Gasteiger partial charge is 0.229 e. The first-order chi connectivity index (χ1) is 4.63. The van der Waals surface area contributed by atoms with E-state index in [4.69, 9.17) is 10.2 Å². The first kappa shape index (κ1) is 9.61. The van der Waals surface area contributed by atoms with Crippen LogP contribution in [0.5, 0.6) is 0 Å². The normalized spacial score (nSPS) is 12.7. The molecule has 0 amide bonds. The Bertz CT molecular complexity index is 145. The van der Waals surface area contributed by atoms with Gasteiger partial charge in [-0.25, -0.2) is 0 Å². The minimum atomic E-state index is -1.58. The van der Waals surface area contributed by atoms with Crippen molar-refractivity contribution in [1.82, 2.24) is 0 Å². The highest BCUT2D eigenvalue weighted by atomic mass is 32.1. The molecule has 10 heavy (non-hydrogen) atoms. The van der Waals surface area contributed by atoms with Crippen LogP contribution in [0.15, 0.2) is 0 Å². The molecule has 0 aliphatic rings. The molecule has 0 heterocycles. The monoisotopic (exact) mass is 164 g/mol. The summed E-state index contributed by atoms with van der Waals surface area (Å²) >= 11 is 3.53. The van der Waals surface area contributed by atoms with Crippen LogP contribution in [-0.4, -0.2) is 40.2 Å². The van der Waals surface area contributed by atoms with Gasteiger partial charge in [-0.1, -0.05) is 0 Å². The third kappa shape index (κ3) is 2.47. The molecule has 0 rings (SSSR count). The number of carbonyl (C=O) groups excluding carboxylic acids is 2. The fraction of sp³-hybridized carbons (Fsp3) is 0.600. The summed E-state index contributed by atoms with van der Waals surface area (Å²) < 4.78 is 0. The van der Waals surface area contributed by atoms with Crippen LogP contribution in [0.4, 0.5) is 0 Å². The first-order valence-corrected chi connectivity index (χ1v) is 3.23. The molecule has 0 saturated carbocycles. The molecule has 1 atom stereocenters. The number of hydrogen-bond acceptors (Lipinski definition) is 5. The van der Waals surface area contributed by atoms with E-state index in [1.807, 2.05) is 0 Å². The molecule has 4 nitrogen and oxygen atoms in total. The Morgan fingerprint density at radius 3 is 2.30 bits per heavy atom. The lowest BCUT2D eigenvalue weighted by atomic mass is 10.2. The van der Waals surface area contributed by atoms with E-state index in [-0.39, 0.29) is 5.75 Å². The Hall–Kier alpha value is -0.390. The third-order valence-corrected chi connectivity index (χ3v) is 1.18. The minimum absolute atomic E-state index is 0.240. The number of Topliss-reactive ketones (excluding diaryl/α,β-unsaturated/α-hetero) is 2. The summed E-state index contributed by atoms with van der Waals surface area (Å²) in [6.07, 6.45) is -1.58. The van der Waals surface area contributed by atoms with Gasteiger partial charge in [0.25, 0.3) is 0 Å². The van der Waals surface area contributed by atoms with Crippen LogP contribution >= 0.6 is 12.6 Å². The summed E-state index contributed by atoms with van der Waals surface area (Å²) in [4.78, 5) is 20.9. The predicted molar refractivity (Wildman–Crippen MR) is 37.0 cm³/mol. The molecular weight excluding hydrogens is 156 g/mol. The number of aliphatic hydroxyl groups excluding tert-OH is 2. The Morgan fingerprint density at radius 1 is 1.50 bits per heavy atom. The Labute approximate surface area is 63.3 Å². The molecule has 0 aromatic rings. The zero-order valence-electron chi connectivity index (χ0n) is 5.15. The van der Waals surface area contributed by atoms with Crippen molar-refractivity contribution in [2.24, 2.45) is 0 Å². The van der Waals surface area contributed by atoms with Gasteiger partial charge in [-0.15, -0.1) is 0 Å². The summed E-state index contributed by atoms with van der Waals surface area (Å²) in [5.74, 6) is -2.02. The zero-order valence-corrected chi connectivity index (χ0v) is 6.04. The van der Waals surface area contributed by atoms with Crippen LogP contribution in [0.2, 0.25) is 0 Å². The van der Waals surface area contributed by atoms with E-state index in [0.29, 0.717) is 0 Å². The lowest BCUT2D eigenvalue weighted by Crippen LogP contribution is -2.31. The van der Waals surface area contributed by atoms with Crippen LogP contribution < -0.4 is 0 Å². The number of rotatable bonds is 4. The van der Waals surface area contributed by atoms with E-state index < -0.39 is 24.3 Å². The number of ketones is 2. The van der Waals surface area contributed by atoms with Gasteiger partial charge in [-0.2, -0.15) is 12.6 Å². The van der Waals surface area contributed by atoms with Crippen molar-refractivity contribution in [2.75, 3.05) is 12.4 Å². The first-order valence-electron chi connectivity index (χ1n) is 2.60. The molecule has 0 aromatic heterocycles. The van der Waals surface area contributed by atoms with E-state index in [1.165, 1.54) is 0 Å². The van der Waals surface area contributed by atoms with Crippen molar-refractivity contribution in [3.8, 4) is 0 Å². The molecule has 0 radical (unpaired) electrons. The molecule has 0 aromatic carbocycles. The third-order valence-electron chi connectivity index (χ3n) is 0.894. The highest BCUT2D eigenvalue weighted by Crippen LogP contribution is 1.88. The fourth-order valence-corrected chi connectivity index (χ4v) is 0.502. The lowest BCUT2D eigenvalue weighted by Gasteiger charge is -2.01. The van der Waals surface area contributed by atoms with Gasteiger partial charge in [0.1, 0.15) is 6.10 Å². The number of hydrogen-bond donors (Lipinski definition) is 3. The summed E-state index contributed by atoms with van der Waals surface area (Å²) in [6, 6.07) is 0. The van der Waals surface area contributed by atoms with Gasteiger partial charge in [0.05, 0.1) is 12.4 Å². The standard InChI is InChI=1S/C5H8O4S/c6-1-3(7)5(9)4(8)2-10/h3,6-7,10H,1-2H2/t3-/m0/s1. The Kier molecular flexibility index (Phi) is 4.26. The highest BCUT2D eigenvalue weighted by Gasteiger charge is 2.20. The maximum Gasteiger partial charge on any atom is 0.229 e. The molecule has 0 spiro atoms. The molecule has 0 saturated heterocycles. The molecule has 2 N–H and O–H groups in total. The van der Waals surface area contributed by atoms with Crippen LogP contribution in [0.1, 0.15) is 0 Å². The van der Waals surface area contributed by atoms with Gasteiger partial charge in [-0.05, 0) is 0 Å². The second-order valence-electron chi connectivity index (χ2n) is 1.64. The van der Waals surface area contributed by atoms with E-state index in [0.717, 1.165) is 0 Å². The maximum atomic E-state index is 10.5. The van der Waals surface area contributed by atoms with Crippen LogP contribution in [0, 0.1) is 0 Å². The van der Waals surface area contributed by atoms with Gasteiger partial charge in [0.15, 0.2) is 0 Å². The molecule has 0 aliphatic heterocycles. The minimum Gasteiger partial charge on any atom is -0.393 e. The average Bonchev–Trinajstić information content (AvgIpc) is 2.00. The van der Waals surface area contributed by atoms with Crippen molar-refractivity contribution in [2.45, 2.75) is 6.10 Å². The summed E-state index contributed by atoms with van der Waals surface area (Å²) in [5.41, 5.74) is 0. The molecule has 5 heteroatoms. The van der Waals surface area contributed by atoms with Crippen molar-refractivity contribution in [3.63, 3.8) is 0 Å². The van der Waals surface area contributed by atoms with Crippen LogP contribution in [0.25, 0.3) is 0 Å². The topological polar surface area (TPSA) is 74.6 Å². The molecule has 0 unspecified atom stereocenters. The van der Waals surface area contributed by atoms with E-state index in [9.17, 15) is 9.59 Å². The van der Waals surface area contributed by atoms with E-state index in [2.05, 4.69) is 12.6 Å². The number of carbonyl (C=O) groups is 2. The van der Waals surface area contributed by atoms with Gasteiger partial charge < -0.3 is 10.2 Å². The fourth-order valence-electron chi connectivity index (χ4n) is 0.347. The summed E-state index contributed by atoms with van der Waals surface area (Å²) in [7, 11) is 0. The van der Waals surface area contributed by atoms with E-state index in [1.54, 1.807) is 0 Å². The number of aliphatic hydroxyl groups is 2. The Morgan fingerprint density at radius 2 is 2.00 bits per heavy atom. The maximum absolute atomic E-state index is 10.5. The van der Waals surface area contributed by atoms with Crippen LogP contribution in [-0.2, 0) is 9.59 Å². The van der Waals surface area contributed by atoms with E-state index >= 15 is 0 Å². The largest absolute Gasteiger partial charge is 0.393 e. The quantitative estimate of drug-likeness (QED) is 0.346. The van der Waals surface area contributed by atoms with Crippen molar-refractivity contribution >= 4 is 24.2 Å². The molecule has 0 aliphatic carbocycles. The molecule has 58 valence electrons. The second kappa shape index (κ2) is 4.43. The summed E-state index contributed by atoms with van der Waals surface area (Å²) in [5, 5.41) is 16.8. The van der Waals surface area contributed by atoms with Crippen molar-refractivity contribution in [1.29, 1.82) is 0 Å². The predicted octanol–water partition coefficient (Wildman–Crippen LogP) is -1.59. The van der Waals surface area contributed by atoms with Crippen LogP contribution in [0.3, 0.4) is 0 Å². The van der Waals surface area contributed by atoms with Crippen molar-refractivity contribution < 1.29 is 19.8 Å². The van der Waals surface area contributed by atoms with Gasteiger partial charge in [0.2, 0.25) is 11.6 Å². The molecular formula is C5H8O4S. The lowest BCUT2D eigenvalue weighted by molar-refractivity contribution is -0.141. The van der Waals surface area contributed by atoms with Gasteiger partial charge >= 0.3 is 0 Å². The SMILES string of the molecule is O=C(CS)C(=O)[C@@H](O)CO. The summed E-state index contributed by atoms with van der Waals surface area (Å²) in [6.45, 7) is -0.724.